The van der Waals surface area contributed by atoms with Crippen molar-refractivity contribution in [1.29, 1.82) is 0 Å². The molecule has 1 saturated heterocycles. The Balaban J connectivity index is 1.72. The zero-order valence-electron chi connectivity index (χ0n) is 13.5. The number of nitrogens with one attached hydrogen (secondary N) is 1. The van der Waals surface area contributed by atoms with Gasteiger partial charge in [0.25, 0.3) is 5.91 Å². The summed E-state index contributed by atoms with van der Waals surface area (Å²) in [5.74, 6) is -0.189. The van der Waals surface area contributed by atoms with Crippen molar-refractivity contribution < 1.29 is 13.2 Å². The Hall–Kier alpha value is -1.70. The van der Waals surface area contributed by atoms with Gasteiger partial charge in [0.1, 0.15) is 0 Å². The molecule has 1 aromatic carbocycles. The first-order valence-corrected chi connectivity index (χ1v) is 10.3. The highest BCUT2D eigenvalue weighted by Gasteiger charge is 2.25. The minimum absolute atomic E-state index is 0.189. The molecule has 7 heteroatoms. The largest absolute Gasteiger partial charge is 0.322 e. The quantitative estimate of drug-likeness (QED) is 0.903. The molecule has 1 aliphatic rings. The first kappa shape index (κ1) is 17.1. The number of nitrogens with zero attached hydrogens (tertiary/aromatic N) is 1. The molecule has 0 atom stereocenters. The number of anilines is 1. The molecule has 2 heterocycles. The molecule has 0 bridgehead atoms. The average molecular weight is 364 g/mol. The molecular weight excluding hydrogens is 344 g/mol. The number of benzene rings is 1. The molecule has 0 radical (unpaired) electrons. The van der Waals surface area contributed by atoms with Crippen molar-refractivity contribution in [2.45, 2.75) is 31.1 Å². The van der Waals surface area contributed by atoms with Crippen LogP contribution >= 0.6 is 11.3 Å². The van der Waals surface area contributed by atoms with Crippen LogP contribution in [0, 0.1) is 6.92 Å². The van der Waals surface area contributed by atoms with E-state index in [9.17, 15) is 13.2 Å². The van der Waals surface area contributed by atoms with Crippen molar-refractivity contribution >= 4 is 33.0 Å². The molecule has 3 rings (SSSR count). The molecule has 24 heavy (non-hydrogen) atoms. The van der Waals surface area contributed by atoms with Crippen LogP contribution in [0.4, 0.5) is 5.69 Å². The molecule has 128 valence electrons. The maximum Gasteiger partial charge on any atom is 0.256 e. The van der Waals surface area contributed by atoms with E-state index >= 15 is 0 Å². The highest BCUT2D eigenvalue weighted by Crippen LogP contribution is 2.22. The molecule has 1 aliphatic heterocycles. The summed E-state index contributed by atoms with van der Waals surface area (Å²) in [5, 5.41) is 4.59. The summed E-state index contributed by atoms with van der Waals surface area (Å²) in [6.45, 7) is 3.11. The standard InChI is InChI=1S/C17H20N2O3S2/c1-13-11-14(12-23-13)17(20)18-15-5-7-16(8-6-15)24(21,22)19-9-3-2-4-10-19/h5-8,11-12H,2-4,9-10H2,1H3,(H,18,20). The van der Waals surface area contributed by atoms with Crippen LogP contribution in [0.3, 0.4) is 0 Å². The van der Waals surface area contributed by atoms with Crippen molar-refractivity contribution in [2.75, 3.05) is 18.4 Å². The van der Waals surface area contributed by atoms with E-state index in [1.807, 2.05) is 13.0 Å². The highest BCUT2D eigenvalue weighted by molar-refractivity contribution is 7.89. The number of hydrogen-bond acceptors (Lipinski definition) is 4. The van der Waals surface area contributed by atoms with Gasteiger partial charge in [-0.1, -0.05) is 6.42 Å². The Morgan fingerprint density at radius 1 is 1.12 bits per heavy atom. The minimum Gasteiger partial charge on any atom is -0.322 e. The lowest BCUT2D eigenvalue weighted by atomic mass is 10.2. The lowest BCUT2D eigenvalue weighted by Gasteiger charge is -2.25. The van der Waals surface area contributed by atoms with Crippen LogP contribution in [0.15, 0.2) is 40.6 Å². The predicted molar refractivity (Wildman–Crippen MR) is 96.1 cm³/mol. The van der Waals surface area contributed by atoms with Gasteiger partial charge in [-0.05, 0) is 50.1 Å². The Morgan fingerprint density at radius 3 is 2.38 bits per heavy atom. The first-order valence-electron chi connectivity index (χ1n) is 7.93. The van der Waals surface area contributed by atoms with Crippen LogP contribution < -0.4 is 5.32 Å². The molecule has 1 N–H and O–H groups in total. The molecule has 1 amide bonds. The van der Waals surface area contributed by atoms with Gasteiger partial charge in [-0.2, -0.15) is 4.31 Å². The van der Waals surface area contributed by atoms with Crippen molar-refractivity contribution in [3.05, 3.63) is 46.2 Å². The molecule has 1 fully saturated rings. The number of rotatable bonds is 4. The smallest absolute Gasteiger partial charge is 0.256 e. The molecule has 0 unspecified atom stereocenters. The Kier molecular flexibility index (Phi) is 5.03. The first-order chi connectivity index (χ1) is 11.5. The number of amides is 1. The van der Waals surface area contributed by atoms with E-state index in [0.29, 0.717) is 24.3 Å². The zero-order chi connectivity index (χ0) is 17.2. The summed E-state index contributed by atoms with van der Waals surface area (Å²) in [6, 6.07) is 8.20. The molecule has 0 aliphatic carbocycles. The summed E-state index contributed by atoms with van der Waals surface area (Å²) < 4.78 is 26.7. The van der Waals surface area contributed by atoms with Crippen LogP contribution in [0.2, 0.25) is 0 Å². The van der Waals surface area contributed by atoms with Gasteiger partial charge in [0.15, 0.2) is 0 Å². The average Bonchev–Trinajstić information content (AvgIpc) is 3.03. The topological polar surface area (TPSA) is 66.5 Å². The lowest BCUT2D eigenvalue weighted by molar-refractivity contribution is 0.102. The minimum atomic E-state index is -3.43. The van der Waals surface area contributed by atoms with E-state index in [0.717, 1.165) is 24.1 Å². The highest BCUT2D eigenvalue weighted by atomic mass is 32.2. The van der Waals surface area contributed by atoms with Crippen LogP contribution in [-0.4, -0.2) is 31.7 Å². The summed E-state index contributed by atoms with van der Waals surface area (Å²) in [7, 11) is -3.43. The second kappa shape index (κ2) is 7.04. The van der Waals surface area contributed by atoms with E-state index in [4.69, 9.17) is 0 Å². The number of carbonyl (C=O) groups excluding carboxylic acids is 1. The number of carbonyl (C=O) groups is 1. The van der Waals surface area contributed by atoms with Gasteiger partial charge in [-0.3, -0.25) is 4.79 Å². The van der Waals surface area contributed by atoms with Crippen LogP contribution in [-0.2, 0) is 10.0 Å². The maximum atomic E-state index is 12.6. The number of thiophene rings is 1. The molecule has 2 aromatic rings. The third-order valence-electron chi connectivity index (χ3n) is 4.06. The van der Waals surface area contributed by atoms with Crippen molar-refractivity contribution in [1.82, 2.24) is 4.31 Å². The van der Waals surface area contributed by atoms with Crippen LogP contribution in [0.1, 0.15) is 34.5 Å². The van der Waals surface area contributed by atoms with E-state index in [1.165, 1.54) is 15.6 Å². The molecule has 1 aromatic heterocycles. The SMILES string of the molecule is Cc1cc(C(=O)Nc2ccc(S(=O)(=O)N3CCCCC3)cc2)cs1. The maximum absolute atomic E-state index is 12.6. The predicted octanol–water partition coefficient (Wildman–Crippen LogP) is 3.48. The summed E-state index contributed by atoms with van der Waals surface area (Å²) in [4.78, 5) is 13.5. The van der Waals surface area contributed by atoms with Gasteiger partial charge in [0, 0.05) is 29.0 Å². The Morgan fingerprint density at radius 2 is 1.79 bits per heavy atom. The van der Waals surface area contributed by atoms with Gasteiger partial charge >= 0.3 is 0 Å². The third kappa shape index (κ3) is 3.68. The number of sulfonamides is 1. The van der Waals surface area contributed by atoms with Crippen molar-refractivity contribution in [3.63, 3.8) is 0 Å². The lowest BCUT2D eigenvalue weighted by Crippen LogP contribution is -2.35. The number of aryl methyl sites for hydroxylation is 1. The summed E-state index contributed by atoms with van der Waals surface area (Å²) in [5.41, 5.74) is 1.20. The fourth-order valence-corrected chi connectivity index (χ4v) is 4.93. The summed E-state index contributed by atoms with van der Waals surface area (Å²) >= 11 is 1.52. The molecular formula is C17H20N2O3S2. The Bertz CT molecular complexity index is 820. The van der Waals surface area contributed by atoms with Gasteiger partial charge < -0.3 is 5.32 Å². The van der Waals surface area contributed by atoms with Crippen LogP contribution in [0.5, 0.6) is 0 Å². The molecule has 0 spiro atoms. The second-order valence-electron chi connectivity index (χ2n) is 5.89. The third-order valence-corrected chi connectivity index (χ3v) is 6.83. The van der Waals surface area contributed by atoms with E-state index in [2.05, 4.69) is 5.32 Å². The number of piperidine rings is 1. The van der Waals surface area contributed by atoms with Crippen molar-refractivity contribution in [2.24, 2.45) is 0 Å². The van der Waals surface area contributed by atoms with E-state index in [-0.39, 0.29) is 10.8 Å². The van der Waals surface area contributed by atoms with Gasteiger partial charge in [-0.15, -0.1) is 11.3 Å². The van der Waals surface area contributed by atoms with E-state index in [1.54, 1.807) is 29.6 Å². The fourth-order valence-electron chi connectivity index (χ4n) is 2.73. The van der Waals surface area contributed by atoms with Gasteiger partial charge in [-0.25, -0.2) is 8.42 Å². The van der Waals surface area contributed by atoms with E-state index < -0.39 is 10.0 Å². The fraction of sp³-hybridized carbons (Fsp3) is 0.353. The van der Waals surface area contributed by atoms with Gasteiger partial charge in [0.2, 0.25) is 10.0 Å². The number of hydrogen-bond donors (Lipinski definition) is 1. The zero-order valence-corrected chi connectivity index (χ0v) is 15.1. The molecule has 5 nitrogen and oxygen atoms in total. The Labute approximate surface area is 146 Å². The van der Waals surface area contributed by atoms with Crippen molar-refractivity contribution in [3.8, 4) is 0 Å². The normalized spacial score (nSPS) is 16.0. The summed E-state index contributed by atoms with van der Waals surface area (Å²) in [6.07, 6.45) is 2.90. The monoisotopic (exact) mass is 364 g/mol. The van der Waals surface area contributed by atoms with Gasteiger partial charge in [0.05, 0.1) is 10.5 Å². The molecule has 0 saturated carbocycles. The second-order valence-corrected chi connectivity index (χ2v) is 8.94. The van der Waals surface area contributed by atoms with Crippen LogP contribution in [0.25, 0.3) is 0 Å².